The third-order valence-corrected chi connectivity index (χ3v) is 6.39. The monoisotopic (exact) mass is 470 g/mol. The van der Waals surface area contributed by atoms with E-state index in [0.717, 1.165) is 40.0 Å². The van der Waals surface area contributed by atoms with Crippen LogP contribution in [0.25, 0.3) is 5.69 Å². The smallest absolute Gasteiger partial charge is 0.493 e. The fourth-order valence-electron chi connectivity index (χ4n) is 3.23. The molecule has 8 nitrogen and oxygen atoms in total. The molecule has 0 bridgehead atoms. The van der Waals surface area contributed by atoms with Crippen LogP contribution in [0.2, 0.25) is 0 Å². The highest BCUT2D eigenvalue weighted by Crippen LogP contribution is 2.31. The average molecular weight is 470 g/mol. The topological polar surface area (TPSA) is 97.4 Å². The lowest BCUT2D eigenvalue weighted by molar-refractivity contribution is -0.0436. The largest absolute Gasteiger partial charge is 0.501 e. The first kappa shape index (κ1) is 23.5. The highest BCUT2D eigenvalue weighted by molar-refractivity contribution is 7.92. The van der Waals surface area contributed by atoms with E-state index < -0.39 is 31.8 Å². The van der Waals surface area contributed by atoms with Gasteiger partial charge in [-0.25, -0.2) is 17.8 Å². The van der Waals surface area contributed by atoms with Crippen molar-refractivity contribution in [2.45, 2.75) is 30.4 Å². The average Bonchev–Trinajstić information content (AvgIpc) is 2.91. The number of imidazole rings is 1. The molecule has 0 atom stereocenters. The fourth-order valence-corrected chi connectivity index (χ4v) is 3.99. The quantitative estimate of drug-likeness (QED) is 0.595. The van der Waals surface area contributed by atoms with E-state index in [2.05, 4.69) is 4.98 Å². The van der Waals surface area contributed by atoms with Gasteiger partial charge in [-0.15, -0.1) is 0 Å². The van der Waals surface area contributed by atoms with E-state index in [1.165, 1.54) is 11.5 Å². The Bertz CT molecular complexity index is 1290. The maximum absolute atomic E-state index is 13.0. The molecule has 0 aliphatic carbocycles. The van der Waals surface area contributed by atoms with Gasteiger partial charge >= 0.3 is 11.2 Å². The van der Waals surface area contributed by atoms with Gasteiger partial charge in [-0.3, -0.25) is 9.55 Å². The van der Waals surface area contributed by atoms with Gasteiger partial charge in [0.2, 0.25) is 5.88 Å². The number of pyridine rings is 1. The number of hydrogen-bond donors (Lipinski definition) is 1. The van der Waals surface area contributed by atoms with Gasteiger partial charge in [0, 0.05) is 18.9 Å². The number of aromatic hydroxyl groups is 1. The minimum Gasteiger partial charge on any atom is -0.493 e. The molecule has 32 heavy (non-hydrogen) atoms. The maximum Gasteiger partial charge on any atom is 0.501 e. The minimum atomic E-state index is -5.52. The zero-order chi connectivity index (χ0) is 23.8. The van der Waals surface area contributed by atoms with Crippen LogP contribution in [0.3, 0.4) is 0 Å². The van der Waals surface area contributed by atoms with Crippen molar-refractivity contribution in [2.75, 3.05) is 14.1 Å². The van der Waals surface area contributed by atoms with Crippen molar-refractivity contribution in [2.24, 2.45) is 0 Å². The predicted molar refractivity (Wildman–Crippen MR) is 110 cm³/mol. The predicted octanol–water partition coefficient (Wildman–Crippen LogP) is 2.45. The van der Waals surface area contributed by atoms with Gasteiger partial charge in [0.1, 0.15) is 0 Å². The molecule has 2 aromatic heterocycles. The van der Waals surface area contributed by atoms with E-state index >= 15 is 0 Å². The number of benzene rings is 1. The van der Waals surface area contributed by atoms with Crippen LogP contribution in [-0.4, -0.2) is 52.1 Å². The summed E-state index contributed by atoms with van der Waals surface area (Å²) in [5, 5.41) is 10.5. The number of sulfone groups is 1. The molecule has 0 aliphatic heterocycles. The Balaban J connectivity index is 2.02. The molecular weight excluding hydrogens is 449 g/mol. The second-order valence-corrected chi connectivity index (χ2v) is 9.38. The second kappa shape index (κ2) is 8.43. The van der Waals surface area contributed by atoms with Crippen molar-refractivity contribution in [1.29, 1.82) is 0 Å². The molecule has 172 valence electrons. The lowest BCUT2D eigenvalue weighted by Gasteiger charge is -2.14. The van der Waals surface area contributed by atoms with Crippen LogP contribution in [0.4, 0.5) is 13.2 Å². The number of aromatic nitrogens is 3. The minimum absolute atomic E-state index is 0.0266. The van der Waals surface area contributed by atoms with Crippen LogP contribution in [0.1, 0.15) is 16.8 Å². The molecule has 0 amide bonds. The van der Waals surface area contributed by atoms with Gasteiger partial charge in [0.05, 0.1) is 22.8 Å². The number of alkyl halides is 3. The third kappa shape index (κ3) is 4.28. The second-order valence-electron chi connectivity index (χ2n) is 7.44. The summed E-state index contributed by atoms with van der Waals surface area (Å²) in [7, 11) is -1.74. The normalized spacial score (nSPS) is 12.5. The first-order chi connectivity index (χ1) is 14.8. The van der Waals surface area contributed by atoms with Crippen molar-refractivity contribution in [3.63, 3.8) is 0 Å². The molecule has 2 heterocycles. The molecule has 0 saturated carbocycles. The molecule has 0 unspecified atom stereocenters. The van der Waals surface area contributed by atoms with E-state index in [0.29, 0.717) is 6.54 Å². The summed E-state index contributed by atoms with van der Waals surface area (Å²) in [5.74, 6) is -0.398. The Kier molecular flexibility index (Phi) is 6.20. The highest BCUT2D eigenvalue weighted by atomic mass is 32.2. The summed E-state index contributed by atoms with van der Waals surface area (Å²) < 4.78 is 63.6. The molecule has 0 radical (unpaired) electrons. The number of halogens is 3. The summed E-state index contributed by atoms with van der Waals surface area (Å²) in [6.07, 6.45) is 3.28. The number of hydrogen-bond acceptors (Lipinski definition) is 6. The first-order valence-corrected chi connectivity index (χ1v) is 10.8. The Labute approximate surface area is 182 Å². The van der Waals surface area contributed by atoms with Gasteiger partial charge in [0.25, 0.3) is 9.84 Å². The molecule has 0 saturated heterocycles. The van der Waals surface area contributed by atoms with Crippen molar-refractivity contribution >= 4 is 9.84 Å². The Morgan fingerprint density at radius 2 is 1.72 bits per heavy atom. The van der Waals surface area contributed by atoms with Crippen LogP contribution < -0.4 is 5.69 Å². The van der Waals surface area contributed by atoms with Crippen LogP contribution in [-0.2, 0) is 22.9 Å². The van der Waals surface area contributed by atoms with Crippen molar-refractivity contribution < 1.29 is 26.7 Å². The summed E-state index contributed by atoms with van der Waals surface area (Å²) in [6, 6.07) is 5.32. The van der Waals surface area contributed by atoms with Crippen molar-refractivity contribution in [1.82, 2.24) is 19.0 Å². The Morgan fingerprint density at radius 1 is 1.09 bits per heavy atom. The van der Waals surface area contributed by atoms with Gasteiger partial charge in [-0.2, -0.15) is 13.2 Å². The summed E-state index contributed by atoms with van der Waals surface area (Å²) in [5.41, 5.74) is -4.10. The Hall–Kier alpha value is -3.12. The van der Waals surface area contributed by atoms with Crippen molar-refractivity contribution in [3.8, 4) is 11.6 Å². The molecular formula is C20H21F3N4O4S. The van der Waals surface area contributed by atoms with E-state index in [-0.39, 0.29) is 17.9 Å². The van der Waals surface area contributed by atoms with Crippen LogP contribution >= 0.6 is 0 Å². The summed E-state index contributed by atoms with van der Waals surface area (Å²) in [4.78, 5) is 18.1. The van der Waals surface area contributed by atoms with Crippen LogP contribution in [0.15, 0.2) is 52.4 Å². The zero-order valence-electron chi connectivity index (χ0n) is 17.5. The lowest BCUT2D eigenvalue weighted by Crippen LogP contribution is -2.25. The van der Waals surface area contributed by atoms with Gasteiger partial charge in [-0.05, 0) is 62.5 Å². The van der Waals surface area contributed by atoms with Crippen LogP contribution in [0, 0.1) is 6.92 Å². The lowest BCUT2D eigenvalue weighted by atomic mass is 10.1. The third-order valence-electron chi connectivity index (χ3n) is 4.89. The zero-order valence-corrected chi connectivity index (χ0v) is 18.3. The molecule has 0 fully saturated rings. The summed E-state index contributed by atoms with van der Waals surface area (Å²) in [6.45, 7) is 2.25. The highest BCUT2D eigenvalue weighted by Gasteiger charge is 2.46. The van der Waals surface area contributed by atoms with E-state index in [4.69, 9.17) is 0 Å². The molecule has 12 heteroatoms. The fraction of sp³-hybridized carbons (Fsp3) is 0.300. The van der Waals surface area contributed by atoms with Gasteiger partial charge in [0.15, 0.2) is 0 Å². The summed E-state index contributed by atoms with van der Waals surface area (Å²) >= 11 is 0. The van der Waals surface area contributed by atoms with E-state index in [9.17, 15) is 31.5 Å². The first-order valence-electron chi connectivity index (χ1n) is 9.34. The molecule has 1 N–H and O–H groups in total. The van der Waals surface area contributed by atoms with Gasteiger partial charge in [-0.1, -0.05) is 0 Å². The van der Waals surface area contributed by atoms with E-state index in [1.54, 1.807) is 18.5 Å². The van der Waals surface area contributed by atoms with Gasteiger partial charge < -0.3 is 10.0 Å². The molecule has 1 aromatic carbocycles. The van der Waals surface area contributed by atoms with Crippen molar-refractivity contribution in [3.05, 3.63) is 70.0 Å². The van der Waals surface area contributed by atoms with Crippen LogP contribution in [0.5, 0.6) is 5.88 Å². The molecule has 0 spiro atoms. The molecule has 0 aliphatic rings. The SMILES string of the molecule is Cc1c(O)n(-c2ccc(S(=O)(=O)C(F)(F)F)cc2)c(=O)n1Cc1ccncc1CN(C)C. The van der Waals surface area contributed by atoms with E-state index in [1.807, 2.05) is 19.0 Å². The molecule has 3 rings (SSSR count). The number of nitrogens with zero attached hydrogens (tertiary/aromatic N) is 4. The standard InChI is InChI=1S/C20H21F3N4O4S/c1-13-18(28)27(16-4-6-17(7-5-16)32(30,31)20(21,22)23)19(29)26(13)12-14-8-9-24-10-15(14)11-25(2)3/h4-10,28H,11-12H2,1-3H3. The Morgan fingerprint density at radius 3 is 2.28 bits per heavy atom. The molecule has 3 aromatic rings. The maximum atomic E-state index is 13.0. The number of rotatable bonds is 6.